The van der Waals surface area contributed by atoms with E-state index in [1.807, 2.05) is 12.1 Å². The molecule has 0 unspecified atom stereocenters. The highest BCUT2D eigenvalue weighted by atomic mass is 16.6. The summed E-state index contributed by atoms with van der Waals surface area (Å²) >= 11 is 0. The number of hydrogen-bond acceptors (Lipinski definition) is 2. The molecule has 0 atom stereocenters. The van der Waals surface area contributed by atoms with E-state index in [9.17, 15) is 0 Å². The molecule has 0 aliphatic heterocycles. The third-order valence-electron chi connectivity index (χ3n) is 7.80. The van der Waals surface area contributed by atoms with Crippen molar-refractivity contribution in [1.82, 2.24) is 0 Å². The second-order valence-corrected chi connectivity index (χ2v) is 9.93. The van der Waals surface area contributed by atoms with Crippen molar-refractivity contribution in [1.29, 1.82) is 0 Å². The minimum absolute atomic E-state index is 0.736. The highest BCUT2D eigenvalue weighted by Crippen LogP contribution is 2.38. The van der Waals surface area contributed by atoms with E-state index in [0.29, 0.717) is 0 Å². The molecule has 0 fully saturated rings. The molecule has 181 valence electrons. The first-order valence-corrected chi connectivity index (χ1v) is 13.2. The van der Waals surface area contributed by atoms with Gasteiger partial charge in [0.2, 0.25) is 0 Å². The molecule has 1 radical (unpaired) electrons. The van der Waals surface area contributed by atoms with Gasteiger partial charge in [-0.2, -0.15) is 0 Å². The molecule has 0 bridgehead atoms. The fraction of sp³-hybridized carbons (Fsp3) is 0. The Bertz CT molecular complexity index is 1990. The van der Waals surface area contributed by atoms with Gasteiger partial charge < -0.3 is 9.31 Å². The molecule has 0 amide bonds. The predicted octanol–water partition coefficient (Wildman–Crippen LogP) is 9.60. The van der Waals surface area contributed by atoms with Crippen LogP contribution in [0.15, 0.2) is 133 Å². The van der Waals surface area contributed by atoms with E-state index in [4.69, 9.17) is 9.31 Å². The van der Waals surface area contributed by atoms with Gasteiger partial charge in [-0.05, 0) is 88.9 Å². The molecule has 0 aliphatic rings. The summed E-state index contributed by atoms with van der Waals surface area (Å²) in [6, 6.07) is 46.7. The Balaban J connectivity index is 1.14. The first-order valence-electron chi connectivity index (χ1n) is 13.2. The second-order valence-electron chi connectivity index (χ2n) is 9.93. The van der Waals surface area contributed by atoms with E-state index in [2.05, 4.69) is 121 Å². The third kappa shape index (κ3) is 3.51. The van der Waals surface area contributed by atoms with Crippen LogP contribution in [-0.4, -0.2) is 7.69 Å². The van der Waals surface area contributed by atoms with Gasteiger partial charge in [0.05, 0.1) is 0 Å². The third-order valence-corrected chi connectivity index (χ3v) is 7.80. The highest BCUT2D eigenvalue weighted by Gasteiger charge is 2.12. The molecule has 0 spiro atoms. The smallest absolute Gasteiger partial charge is 0.526 e. The van der Waals surface area contributed by atoms with Gasteiger partial charge in [-0.15, -0.1) is 0 Å². The summed E-state index contributed by atoms with van der Waals surface area (Å²) < 4.78 is 12.0. The summed E-state index contributed by atoms with van der Waals surface area (Å²) in [5.74, 6) is 1.47. The van der Waals surface area contributed by atoms with E-state index >= 15 is 0 Å². The van der Waals surface area contributed by atoms with Gasteiger partial charge in [0.1, 0.15) is 11.5 Å². The summed E-state index contributed by atoms with van der Waals surface area (Å²) in [5, 5.41) is 14.7. The zero-order valence-electron chi connectivity index (χ0n) is 21.1. The summed E-state index contributed by atoms with van der Waals surface area (Å²) in [6.45, 7) is 0. The zero-order chi connectivity index (χ0) is 25.8. The van der Waals surface area contributed by atoms with Crippen molar-refractivity contribution in [2.45, 2.75) is 0 Å². The lowest BCUT2D eigenvalue weighted by atomic mass is 9.94. The molecule has 0 N–H and O–H groups in total. The van der Waals surface area contributed by atoms with E-state index < -0.39 is 0 Å². The molecule has 3 heteroatoms. The number of hydrogen-bond donors (Lipinski definition) is 0. The van der Waals surface area contributed by atoms with Crippen LogP contribution in [0.5, 0.6) is 11.5 Å². The number of benzene rings is 8. The summed E-state index contributed by atoms with van der Waals surface area (Å²) in [5.41, 5.74) is 0. The van der Waals surface area contributed by atoms with Gasteiger partial charge in [0.15, 0.2) is 0 Å². The van der Waals surface area contributed by atoms with Crippen LogP contribution < -0.4 is 9.31 Å². The quantitative estimate of drug-likeness (QED) is 0.178. The van der Waals surface area contributed by atoms with Gasteiger partial charge in [-0.3, -0.25) is 0 Å². The van der Waals surface area contributed by atoms with Gasteiger partial charge in [0, 0.05) is 0 Å². The molecule has 39 heavy (non-hydrogen) atoms. The SMILES string of the molecule is [B](Oc1ccc2c3ccccc3c3ccccc3c2c1)Oc1ccc2c3ccccc3c3ccccc3c2c1. The maximum Gasteiger partial charge on any atom is 0.658 e. The fourth-order valence-corrected chi connectivity index (χ4v) is 6.06. The van der Waals surface area contributed by atoms with E-state index in [1.165, 1.54) is 72.3 Å². The van der Waals surface area contributed by atoms with Gasteiger partial charge in [0.25, 0.3) is 0 Å². The first-order chi connectivity index (χ1) is 19.3. The van der Waals surface area contributed by atoms with Crippen molar-refractivity contribution in [2.75, 3.05) is 0 Å². The van der Waals surface area contributed by atoms with Gasteiger partial charge in [-0.25, -0.2) is 0 Å². The highest BCUT2D eigenvalue weighted by molar-refractivity contribution is 6.27. The van der Waals surface area contributed by atoms with Crippen molar-refractivity contribution >= 4 is 72.3 Å². The fourth-order valence-electron chi connectivity index (χ4n) is 6.06. The Morgan fingerprint density at radius 1 is 0.282 bits per heavy atom. The molecular formula is C36H22BO2. The molecule has 0 saturated heterocycles. The summed E-state index contributed by atoms with van der Waals surface area (Å²) in [6.07, 6.45) is 0. The van der Waals surface area contributed by atoms with Crippen LogP contribution in [0, 0.1) is 0 Å². The molecule has 2 nitrogen and oxygen atoms in total. The van der Waals surface area contributed by atoms with E-state index in [-0.39, 0.29) is 0 Å². The topological polar surface area (TPSA) is 18.5 Å². The first kappa shape index (κ1) is 22.0. The normalized spacial score (nSPS) is 11.6. The Kier molecular flexibility index (Phi) is 4.96. The van der Waals surface area contributed by atoms with Crippen molar-refractivity contribution in [3.05, 3.63) is 133 Å². The van der Waals surface area contributed by atoms with Crippen molar-refractivity contribution in [3.8, 4) is 11.5 Å². The average Bonchev–Trinajstić information content (AvgIpc) is 3.01. The van der Waals surface area contributed by atoms with Crippen LogP contribution in [0.4, 0.5) is 0 Å². The molecule has 8 aromatic carbocycles. The maximum atomic E-state index is 6.00. The van der Waals surface area contributed by atoms with Crippen LogP contribution in [0.2, 0.25) is 0 Å². The van der Waals surface area contributed by atoms with Crippen molar-refractivity contribution in [3.63, 3.8) is 0 Å². The van der Waals surface area contributed by atoms with E-state index in [0.717, 1.165) is 11.5 Å². The lowest BCUT2D eigenvalue weighted by Crippen LogP contribution is -2.10. The molecule has 0 saturated carbocycles. The van der Waals surface area contributed by atoms with Crippen LogP contribution in [0.1, 0.15) is 0 Å². The molecular weight excluding hydrogens is 475 g/mol. The average molecular weight is 497 g/mol. The maximum absolute atomic E-state index is 6.00. The largest absolute Gasteiger partial charge is 0.658 e. The van der Waals surface area contributed by atoms with E-state index in [1.54, 1.807) is 0 Å². The lowest BCUT2D eigenvalue weighted by molar-refractivity contribution is 0.460. The van der Waals surface area contributed by atoms with Crippen LogP contribution in [0.25, 0.3) is 64.6 Å². The Morgan fingerprint density at radius 2 is 0.538 bits per heavy atom. The molecule has 8 aromatic rings. The molecule has 0 heterocycles. The monoisotopic (exact) mass is 497 g/mol. The minimum atomic E-state index is 0.736. The Morgan fingerprint density at radius 3 is 0.846 bits per heavy atom. The summed E-state index contributed by atoms with van der Waals surface area (Å²) in [4.78, 5) is 0. The molecule has 8 rings (SSSR count). The predicted molar refractivity (Wildman–Crippen MR) is 165 cm³/mol. The lowest BCUT2D eigenvalue weighted by Gasteiger charge is -2.13. The Hall–Kier alpha value is -5.02. The number of fused-ring (bicyclic) bond motifs is 12. The van der Waals surface area contributed by atoms with Crippen LogP contribution in [-0.2, 0) is 0 Å². The molecule has 0 aromatic heterocycles. The standard InChI is InChI=1S/C36H22BO2/c1-3-13-29-25(9-1)27-11-5-7-15-31(27)35-21-23(17-19-33(29)35)38-37-39-24-18-20-34-30-14-4-2-10-26(30)28-12-6-8-16-32(28)36(34)22-24/h1-22H. The van der Waals surface area contributed by atoms with Gasteiger partial charge >= 0.3 is 7.69 Å². The number of rotatable bonds is 4. The van der Waals surface area contributed by atoms with Crippen molar-refractivity contribution < 1.29 is 9.31 Å². The minimum Gasteiger partial charge on any atom is -0.526 e. The Labute approximate surface area is 226 Å². The summed E-state index contributed by atoms with van der Waals surface area (Å²) in [7, 11) is 1.43. The molecule has 0 aliphatic carbocycles. The zero-order valence-corrected chi connectivity index (χ0v) is 21.1. The second kappa shape index (κ2) is 8.78. The van der Waals surface area contributed by atoms with Crippen molar-refractivity contribution in [2.24, 2.45) is 0 Å². The van der Waals surface area contributed by atoms with Crippen LogP contribution >= 0.6 is 0 Å². The van der Waals surface area contributed by atoms with Gasteiger partial charge in [-0.1, -0.05) is 109 Å². The van der Waals surface area contributed by atoms with Crippen LogP contribution in [0.3, 0.4) is 0 Å².